The average molecular weight is 282 g/mol. The number of hydrogen-bond acceptors (Lipinski definition) is 2. The van der Waals surface area contributed by atoms with Gasteiger partial charge in [-0.05, 0) is 36.2 Å². The number of halogens is 3. The van der Waals surface area contributed by atoms with Gasteiger partial charge in [-0.25, -0.2) is 13.2 Å². The van der Waals surface area contributed by atoms with Crippen LogP contribution < -0.4 is 4.74 Å². The minimum atomic E-state index is -1.38. The zero-order valence-electron chi connectivity index (χ0n) is 11.0. The minimum Gasteiger partial charge on any atom is -0.494 e. The molecule has 1 atom stereocenters. The largest absolute Gasteiger partial charge is 0.494 e. The van der Waals surface area contributed by atoms with Gasteiger partial charge < -0.3 is 9.84 Å². The van der Waals surface area contributed by atoms with Crippen LogP contribution in [0.5, 0.6) is 5.75 Å². The van der Waals surface area contributed by atoms with Crippen LogP contribution in [-0.2, 0) is 0 Å². The van der Waals surface area contributed by atoms with Crippen molar-refractivity contribution in [3.8, 4) is 5.75 Å². The fraction of sp³-hybridized carbons (Fsp3) is 0.200. The molecule has 2 aromatic rings. The Balaban J connectivity index is 2.43. The number of aliphatic hydroxyl groups is 1. The molecule has 0 aliphatic heterocycles. The van der Waals surface area contributed by atoms with Crippen LogP contribution in [0, 0.1) is 24.4 Å². The van der Waals surface area contributed by atoms with Crippen LogP contribution in [-0.4, -0.2) is 12.2 Å². The average Bonchev–Trinajstić information content (AvgIpc) is 2.42. The molecule has 1 unspecified atom stereocenters. The molecule has 2 rings (SSSR count). The van der Waals surface area contributed by atoms with Gasteiger partial charge in [-0.2, -0.15) is 0 Å². The van der Waals surface area contributed by atoms with E-state index >= 15 is 0 Å². The summed E-state index contributed by atoms with van der Waals surface area (Å²) in [6.45, 7) is 1.46. The Labute approximate surface area is 114 Å². The Morgan fingerprint density at radius 3 is 2.30 bits per heavy atom. The summed E-state index contributed by atoms with van der Waals surface area (Å²) in [6.07, 6.45) is -1.38. The van der Waals surface area contributed by atoms with Gasteiger partial charge in [0, 0.05) is 11.6 Å². The maximum atomic E-state index is 13.7. The molecule has 20 heavy (non-hydrogen) atoms. The third-order valence-electron chi connectivity index (χ3n) is 3.06. The van der Waals surface area contributed by atoms with Crippen molar-refractivity contribution < 1.29 is 23.0 Å². The molecular weight excluding hydrogens is 269 g/mol. The van der Waals surface area contributed by atoms with Gasteiger partial charge in [0.2, 0.25) is 0 Å². The smallest absolute Gasteiger partial charge is 0.165 e. The van der Waals surface area contributed by atoms with Crippen LogP contribution in [0.2, 0.25) is 0 Å². The summed E-state index contributed by atoms with van der Waals surface area (Å²) in [6, 6.07) is 5.72. The predicted molar refractivity (Wildman–Crippen MR) is 68.1 cm³/mol. The lowest BCUT2D eigenvalue weighted by atomic mass is 9.99. The van der Waals surface area contributed by atoms with Crippen molar-refractivity contribution in [2.75, 3.05) is 7.11 Å². The van der Waals surface area contributed by atoms with Gasteiger partial charge in [-0.1, -0.05) is 6.07 Å². The summed E-state index contributed by atoms with van der Waals surface area (Å²) in [4.78, 5) is 0. The van der Waals surface area contributed by atoms with Crippen LogP contribution >= 0.6 is 0 Å². The van der Waals surface area contributed by atoms with E-state index in [1.165, 1.54) is 32.2 Å². The van der Waals surface area contributed by atoms with E-state index in [1.54, 1.807) is 0 Å². The first-order valence-corrected chi connectivity index (χ1v) is 5.91. The van der Waals surface area contributed by atoms with E-state index in [1.807, 2.05) is 0 Å². The topological polar surface area (TPSA) is 29.5 Å². The summed E-state index contributed by atoms with van der Waals surface area (Å²) in [5.41, 5.74) is 0.260. The summed E-state index contributed by atoms with van der Waals surface area (Å²) in [7, 11) is 1.32. The maximum Gasteiger partial charge on any atom is 0.165 e. The molecule has 0 heterocycles. The van der Waals surface area contributed by atoms with Crippen molar-refractivity contribution >= 4 is 0 Å². The highest BCUT2D eigenvalue weighted by Crippen LogP contribution is 2.29. The highest BCUT2D eigenvalue weighted by Gasteiger charge is 2.18. The molecule has 2 aromatic carbocycles. The van der Waals surface area contributed by atoms with Crippen LogP contribution in [0.4, 0.5) is 13.2 Å². The van der Waals surface area contributed by atoms with Crippen LogP contribution in [0.3, 0.4) is 0 Å². The molecule has 0 aliphatic rings. The van der Waals surface area contributed by atoms with Crippen molar-refractivity contribution in [1.29, 1.82) is 0 Å². The normalized spacial score (nSPS) is 12.3. The predicted octanol–water partition coefficient (Wildman–Crippen LogP) is 3.50. The summed E-state index contributed by atoms with van der Waals surface area (Å²) >= 11 is 0. The molecule has 0 radical (unpaired) electrons. The fourth-order valence-corrected chi connectivity index (χ4v) is 1.92. The highest BCUT2D eigenvalue weighted by atomic mass is 19.1. The lowest BCUT2D eigenvalue weighted by Crippen LogP contribution is -2.05. The molecule has 0 aliphatic carbocycles. The molecule has 0 saturated carbocycles. The number of ether oxygens (including phenoxy) is 1. The first-order valence-electron chi connectivity index (χ1n) is 5.91. The second-order valence-corrected chi connectivity index (χ2v) is 4.42. The summed E-state index contributed by atoms with van der Waals surface area (Å²) < 4.78 is 45.2. The standard InChI is InChI=1S/C15H13F3O2/c1-8-5-10(12(17)7-11(8)16)15(19)9-3-4-14(20-2)13(18)6-9/h3-7,15,19H,1-2H3. The molecule has 0 bridgehead atoms. The molecule has 0 amide bonds. The van der Waals surface area contributed by atoms with Crippen molar-refractivity contribution in [2.24, 2.45) is 0 Å². The van der Waals surface area contributed by atoms with Crippen LogP contribution in [0.15, 0.2) is 30.3 Å². The summed E-state index contributed by atoms with van der Waals surface area (Å²) in [5.74, 6) is -2.21. The van der Waals surface area contributed by atoms with Gasteiger partial charge in [-0.3, -0.25) is 0 Å². The molecular formula is C15H13F3O2. The third kappa shape index (κ3) is 2.63. The van der Waals surface area contributed by atoms with Crippen molar-refractivity contribution in [3.05, 3.63) is 64.5 Å². The van der Waals surface area contributed by atoms with Gasteiger partial charge in [-0.15, -0.1) is 0 Å². The van der Waals surface area contributed by atoms with E-state index in [4.69, 9.17) is 4.74 Å². The van der Waals surface area contributed by atoms with E-state index < -0.39 is 23.6 Å². The number of benzene rings is 2. The lowest BCUT2D eigenvalue weighted by molar-refractivity contribution is 0.214. The van der Waals surface area contributed by atoms with E-state index in [-0.39, 0.29) is 22.4 Å². The van der Waals surface area contributed by atoms with Crippen molar-refractivity contribution in [2.45, 2.75) is 13.0 Å². The van der Waals surface area contributed by atoms with E-state index in [0.29, 0.717) is 6.07 Å². The molecule has 0 aromatic heterocycles. The zero-order valence-corrected chi connectivity index (χ0v) is 11.0. The second-order valence-electron chi connectivity index (χ2n) is 4.42. The van der Waals surface area contributed by atoms with E-state index in [0.717, 1.165) is 6.07 Å². The quantitative estimate of drug-likeness (QED) is 0.933. The van der Waals surface area contributed by atoms with Gasteiger partial charge in [0.25, 0.3) is 0 Å². The van der Waals surface area contributed by atoms with Gasteiger partial charge in [0.1, 0.15) is 17.7 Å². The maximum absolute atomic E-state index is 13.7. The molecule has 0 saturated heterocycles. The fourth-order valence-electron chi connectivity index (χ4n) is 1.92. The number of aliphatic hydroxyl groups excluding tert-OH is 1. The van der Waals surface area contributed by atoms with E-state index in [9.17, 15) is 18.3 Å². The summed E-state index contributed by atoms with van der Waals surface area (Å²) in [5, 5.41) is 10.1. The Kier molecular flexibility index (Phi) is 3.99. The van der Waals surface area contributed by atoms with Gasteiger partial charge >= 0.3 is 0 Å². The monoisotopic (exact) mass is 282 g/mol. The molecule has 0 spiro atoms. The number of rotatable bonds is 3. The molecule has 2 nitrogen and oxygen atoms in total. The first-order chi connectivity index (χ1) is 9.43. The molecule has 5 heteroatoms. The second kappa shape index (κ2) is 5.54. The van der Waals surface area contributed by atoms with Crippen molar-refractivity contribution in [3.63, 3.8) is 0 Å². The SMILES string of the molecule is COc1ccc(C(O)c2cc(C)c(F)cc2F)cc1F. The number of hydrogen-bond donors (Lipinski definition) is 1. The van der Waals surface area contributed by atoms with Crippen LogP contribution in [0.25, 0.3) is 0 Å². The first kappa shape index (κ1) is 14.4. The third-order valence-corrected chi connectivity index (χ3v) is 3.06. The molecule has 106 valence electrons. The lowest BCUT2D eigenvalue weighted by Gasteiger charge is -2.14. The van der Waals surface area contributed by atoms with Gasteiger partial charge in [0.05, 0.1) is 7.11 Å². The molecule has 1 N–H and O–H groups in total. The Morgan fingerprint density at radius 2 is 1.70 bits per heavy atom. The van der Waals surface area contributed by atoms with Crippen molar-refractivity contribution in [1.82, 2.24) is 0 Å². The number of methoxy groups -OCH3 is 1. The Bertz CT molecular complexity index is 641. The molecule has 0 fully saturated rings. The highest BCUT2D eigenvalue weighted by molar-refractivity contribution is 5.37. The van der Waals surface area contributed by atoms with Crippen LogP contribution in [0.1, 0.15) is 22.8 Å². The zero-order chi connectivity index (χ0) is 14.9. The Morgan fingerprint density at radius 1 is 1.00 bits per heavy atom. The Hall–Kier alpha value is -2.01. The van der Waals surface area contributed by atoms with E-state index in [2.05, 4.69) is 0 Å². The minimum absolute atomic E-state index is 0.0247. The number of aryl methyl sites for hydroxylation is 1. The van der Waals surface area contributed by atoms with Gasteiger partial charge in [0.15, 0.2) is 11.6 Å².